The van der Waals surface area contributed by atoms with Crippen LogP contribution in [0.15, 0.2) is 48.5 Å². The first-order valence-corrected chi connectivity index (χ1v) is 9.02. The highest BCUT2D eigenvalue weighted by Crippen LogP contribution is 2.39. The largest absolute Gasteiger partial charge is 0.349 e. The summed E-state index contributed by atoms with van der Waals surface area (Å²) >= 11 is 6.07. The smallest absolute Gasteiger partial charge is 0.255 e. The lowest BCUT2D eigenvalue weighted by molar-refractivity contribution is 0.0679. The van der Waals surface area contributed by atoms with Crippen LogP contribution in [0.1, 0.15) is 33.6 Å². The van der Waals surface area contributed by atoms with Gasteiger partial charge in [0, 0.05) is 24.2 Å². The van der Waals surface area contributed by atoms with Crippen LogP contribution in [0, 0.1) is 11.7 Å². The van der Waals surface area contributed by atoms with Crippen molar-refractivity contribution < 1.29 is 14.0 Å². The summed E-state index contributed by atoms with van der Waals surface area (Å²) in [5.41, 5.74) is 0.832. The van der Waals surface area contributed by atoms with Crippen LogP contribution in [-0.2, 0) is 0 Å². The molecule has 6 heteroatoms. The topological polar surface area (TPSA) is 49.4 Å². The summed E-state index contributed by atoms with van der Waals surface area (Å²) in [7, 11) is 0. The number of hydrogen-bond acceptors (Lipinski definition) is 2. The molecular weight excluding hydrogens is 355 g/mol. The van der Waals surface area contributed by atoms with E-state index in [0.717, 1.165) is 6.42 Å². The van der Waals surface area contributed by atoms with E-state index in [1.54, 1.807) is 17.0 Å². The SMILES string of the molecule is O=C(NC1CC2CC1CN2C(=O)c1cc(F)ccc1Cl)c1ccccc1. The van der Waals surface area contributed by atoms with Crippen LogP contribution in [0.25, 0.3) is 0 Å². The summed E-state index contributed by atoms with van der Waals surface area (Å²) in [5.74, 6) is -0.594. The molecule has 4 nitrogen and oxygen atoms in total. The molecule has 2 fully saturated rings. The van der Waals surface area contributed by atoms with Crippen molar-refractivity contribution in [1.82, 2.24) is 10.2 Å². The summed E-state index contributed by atoms with van der Waals surface area (Å²) < 4.78 is 13.5. The standard InChI is InChI=1S/C20H18ClFN2O2/c21-17-7-6-14(22)9-16(17)20(26)24-11-13-8-15(24)10-18(13)23-19(25)12-4-2-1-3-5-12/h1-7,9,13,15,18H,8,10-11H2,(H,23,25). The fourth-order valence-corrected chi connectivity index (χ4v) is 4.23. The molecular formula is C20H18ClFN2O2. The van der Waals surface area contributed by atoms with E-state index in [4.69, 9.17) is 11.6 Å². The summed E-state index contributed by atoms with van der Waals surface area (Å²) in [6.07, 6.45) is 1.56. The van der Waals surface area contributed by atoms with Crippen molar-refractivity contribution in [3.63, 3.8) is 0 Å². The Hall–Kier alpha value is -2.40. The molecule has 1 heterocycles. The number of likely N-dealkylation sites (tertiary alicyclic amines) is 1. The molecule has 2 aliphatic rings. The summed E-state index contributed by atoms with van der Waals surface area (Å²) in [6.45, 7) is 0.552. The number of benzene rings is 2. The Morgan fingerprint density at radius 2 is 1.88 bits per heavy atom. The third-order valence-electron chi connectivity index (χ3n) is 5.31. The van der Waals surface area contributed by atoms with Crippen molar-refractivity contribution in [2.75, 3.05) is 6.54 Å². The van der Waals surface area contributed by atoms with Gasteiger partial charge >= 0.3 is 0 Å². The Labute approximate surface area is 155 Å². The molecule has 134 valence electrons. The summed E-state index contributed by atoms with van der Waals surface area (Å²) in [4.78, 5) is 26.9. The molecule has 1 N–H and O–H groups in total. The van der Waals surface area contributed by atoms with Crippen molar-refractivity contribution in [3.05, 3.63) is 70.5 Å². The molecule has 2 aromatic rings. The predicted octanol–water partition coefficient (Wildman–Crippen LogP) is 3.51. The number of carbonyl (C=O) groups is 2. The highest BCUT2D eigenvalue weighted by Gasteiger charge is 2.47. The molecule has 4 rings (SSSR count). The van der Waals surface area contributed by atoms with Gasteiger partial charge in [0.1, 0.15) is 5.82 Å². The van der Waals surface area contributed by atoms with Crippen molar-refractivity contribution in [2.45, 2.75) is 24.9 Å². The van der Waals surface area contributed by atoms with E-state index in [2.05, 4.69) is 5.32 Å². The van der Waals surface area contributed by atoms with Crippen LogP contribution in [0.4, 0.5) is 4.39 Å². The Bertz CT molecular complexity index is 858. The molecule has 0 spiro atoms. The quantitative estimate of drug-likeness (QED) is 0.896. The monoisotopic (exact) mass is 372 g/mol. The molecule has 3 unspecified atom stereocenters. The first-order chi connectivity index (χ1) is 12.5. The number of piperidine rings is 1. The van der Waals surface area contributed by atoms with E-state index in [0.29, 0.717) is 18.5 Å². The molecule has 1 saturated heterocycles. The Balaban J connectivity index is 1.43. The number of carbonyl (C=O) groups excluding carboxylic acids is 2. The van der Waals surface area contributed by atoms with Crippen LogP contribution < -0.4 is 5.32 Å². The first kappa shape index (κ1) is 17.0. The average Bonchev–Trinajstić information content (AvgIpc) is 3.24. The lowest BCUT2D eigenvalue weighted by atomic mass is 10.0. The van der Waals surface area contributed by atoms with Crippen LogP contribution in [-0.4, -0.2) is 35.3 Å². The number of rotatable bonds is 3. The van der Waals surface area contributed by atoms with Gasteiger partial charge in [-0.05, 0) is 49.1 Å². The highest BCUT2D eigenvalue weighted by atomic mass is 35.5. The second-order valence-corrected chi connectivity index (χ2v) is 7.32. The van der Waals surface area contributed by atoms with Gasteiger partial charge in [-0.25, -0.2) is 4.39 Å². The van der Waals surface area contributed by atoms with Gasteiger partial charge in [0.25, 0.3) is 11.8 Å². The molecule has 0 radical (unpaired) electrons. The van der Waals surface area contributed by atoms with Crippen molar-refractivity contribution in [1.29, 1.82) is 0 Å². The van der Waals surface area contributed by atoms with E-state index in [1.807, 2.05) is 18.2 Å². The van der Waals surface area contributed by atoms with Crippen LogP contribution in [0.3, 0.4) is 0 Å². The molecule has 2 amide bonds. The van der Waals surface area contributed by atoms with E-state index < -0.39 is 5.82 Å². The molecule has 1 aliphatic heterocycles. The van der Waals surface area contributed by atoms with E-state index >= 15 is 0 Å². The summed E-state index contributed by atoms with van der Waals surface area (Å²) in [5, 5.41) is 3.34. The zero-order valence-corrected chi connectivity index (χ0v) is 14.7. The molecule has 1 saturated carbocycles. The van der Waals surface area contributed by atoms with E-state index in [9.17, 15) is 14.0 Å². The van der Waals surface area contributed by atoms with Gasteiger partial charge in [-0.15, -0.1) is 0 Å². The molecule has 2 aromatic carbocycles. The van der Waals surface area contributed by atoms with Gasteiger partial charge in [-0.3, -0.25) is 9.59 Å². The third-order valence-corrected chi connectivity index (χ3v) is 5.64. The second-order valence-electron chi connectivity index (χ2n) is 6.91. The van der Waals surface area contributed by atoms with Crippen molar-refractivity contribution >= 4 is 23.4 Å². The van der Waals surface area contributed by atoms with Crippen LogP contribution in [0.2, 0.25) is 5.02 Å². The number of halogens is 2. The second kappa shape index (κ2) is 6.72. The van der Waals surface area contributed by atoms with E-state index in [-0.39, 0.29) is 40.4 Å². The lowest BCUT2D eigenvalue weighted by Gasteiger charge is -2.32. The maximum atomic E-state index is 13.5. The van der Waals surface area contributed by atoms with Gasteiger partial charge in [-0.2, -0.15) is 0 Å². The zero-order chi connectivity index (χ0) is 18.3. The third kappa shape index (κ3) is 3.07. The molecule has 26 heavy (non-hydrogen) atoms. The summed E-state index contributed by atoms with van der Waals surface area (Å²) in [6, 6.07) is 13.0. The fraction of sp³-hybridized carbons (Fsp3) is 0.300. The minimum absolute atomic E-state index is 0.0490. The number of hydrogen-bond donors (Lipinski definition) is 1. The van der Waals surface area contributed by atoms with Gasteiger partial charge < -0.3 is 10.2 Å². The maximum absolute atomic E-state index is 13.5. The molecule has 0 aromatic heterocycles. The molecule has 1 aliphatic carbocycles. The minimum atomic E-state index is -0.477. The Morgan fingerprint density at radius 3 is 2.58 bits per heavy atom. The van der Waals surface area contributed by atoms with Gasteiger partial charge in [0.05, 0.1) is 10.6 Å². The number of nitrogens with zero attached hydrogens (tertiary/aromatic N) is 1. The average molecular weight is 373 g/mol. The lowest BCUT2D eigenvalue weighted by Crippen LogP contribution is -2.47. The zero-order valence-electron chi connectivity index (χ0n) is 14.0. The Kier molecular flexibility index (Phi) is 4.41. The molecule has 2 bridgehead atoms. The number of amides is 2. The van der Waals surface area contributed by atoms with Crippen LogP contribution >= 0.6 is 11.6 Å². The van der Waals surface area contributed by atoms with Crippen molar-refractivity contribution in [3.8, 4) is 0 Å². The van der Waals surface area contributed by atoms with Gasteiger partial charge in [0.2, 0.25) is 0 Å². The van der Waals surface area contributed by atoms with Gasteiger partial charge in [-0.1, -0.05) is 29.8 Å². The minimum Gasteiger partial charge on any atom is -0.349 e. The molecule has 3 atom stereocenters. The van der Waals surface area contributed by atoms with Crippen molar-refractivity contribution in [2.24, 2.45) is 5.92 Å². The van der Waals surface area contributed by atoms with Crippen LogP contribution in [0.5, 0.6) is 0 Å². The maximum Gasteiger partial charge on any atom is 0.255 e. The number of nitrogens with one attached hydrogen (secondary N) is 1. The van der Waals surface area contributed by atoms with E-state index in [1.165, 1.54) is 18.2 Å². The van der Waals surface area contributed by atoms with Gasteiger partial charge in [0.15, 0.2) is 0 Å². The Morgan fingerprint density at radius 1 is 1.12 bits per heavy atom. The predicted molar refractivity (Wildman–Crippen MR) is 96.7 cm³/mol. The number of fused-ring (bicyclic) bond motifs is 2. The highest BCUT2D eigenvalue weighted by molar-refractivity contribution is 6.33. The first-order valence-electron chi connectivity index (χ1n) is 8.65. The normalized spacial score (nSPS) is 23.9. The fourth-order valence-electron chi connectivity index (χ4n) is 4.04.